The van der Waals surface area contributed by atoms with E-state index in [0.717, 1.165) is 40.3 Å². The van der Waals surface area contributed by atoms with Crippen LogP contribution >= 0.6 is 11.6 Å². The number of hydrogen-bond donors (Lipinski definition) is 1. The SMILES string of the molecule is CC1(C)CC(=O)C2=C(C1)Nc1c(c(C(C)(C)C)nn1C(C)(C)C)C2c1ccc(Cl)cc1. The Hall–Kier alpha value is -2.07. The van der Waals surface area contributed by atoms with E-state index in [0.29, 0.717) is 11.4 Å². The average Bonchev–Trinajstić information content (AvgIpc) is 2.99. The Morgan fingerprint density at radius 3 is 2.23 bits per heavy atom. The van der Waals surface area contributed by atoms with Crippen molar-refractivity contribution in [1.29, 1.82) is 0 Å². The van der Waals surface area contributed by atoms with E-state index in [1.54, 1.807) is 0 Å². The van der Waals surface area contributed by atoms with Gasteiger partial charge < -0.3 is 5.32 Å². The van der Waals surface area contributed by atoms with Crippen LogP contribution in [0.2, 0.25) is 5.02 Å². The van der Waals surface area contributed by atoms with E-state index in [1.165, 1.54) is 0 Å². The molecule has 0 saturated heterocycles. The summed E-state index contributed by atoms with van der Waals surface area (Å²) in [6.07, 6.45) is 1.41. The zero-order valence-electron chi connectivity index (χ0n) is 20.0. The van der Waals surface area contributed by atoms with Crippen molar-refractivity contribution in [2.45, 2.75) is 85.1 Å². The number of nitrogens with one attached hydrogen (secondary N) is 1. The summed E-state index contributed by atoms with van der Waals surface area (Å²) in [6.45, 7) is 17.4. The molecule has 5 heteroatoms. The fourth-order valence-corrected chi connectivity index (χ4v) is 5.05. The van der Waals surface area contributed by atoms with E-state index < -0.39 is 0 Å². The monoisotopic (exact) mass is 439 g/mol. The molecule has 2 aromatic rings. The summed E-state index contributed by atoms with van der Waals surface area (Å²) in [7, 11) is 0. The molecule has 4 nitrogen and oxygen atoms in total. The van der Waals surface area contributed by atoms with Crippen molar-refractivity contribution < 1.29 is 4.79 Å². The average molecular weight is 440 g/mol. The van der Waals surface area contributed by atoms with Crippen molar-refractivity contribution in [2.24, 2.45) is 5.41 Å². The molecule has 2 aliphatic rings. The second kappa shape index (κ2) is 6.96. The van der Waals surface area contributed by atoms with Crippen LogP contribution in [0.25, 0.3) is 0 Å². The first-order valence-electron chi connectivity index (χ1n) is 11.1. The molecule has 1 aromatic carbocycles. The molecular weight excluding hydrogens is 406 g/mol. The number of Topliss-reactive ketones (excluding diaryl/α,β-unsaturated/α-hetero) is 1. The Kier molecular flexibility index (Phi) is 4.97. The first-order valence-corrected chi connectivity index (χ1v) is 11.5. The lowest BCUT2D eigenvalue weighted by Gasteiger charge is -2.40. The molecule has 1 unspecified atom stereocenters. The largest absolute Gasteiger partial charge is 0.343 e. The quantitative estimate of drug-likeness (QED) is 0.532. The molecule has 1 atom stereocenters. The smallest absolute Gasteiger partial charge is 0.162 e. The summed E-state index contributed by atoms with van der Waals surface area (Å²) in [5.41, 5.74) is 4.76. The number of hydrogen-bond acceptors (Lipinski definition) is 3. The number of benzene rings is 1. The maximum atomic E-state index is 13.5. The van der Waals surface area contributed by atoms with Gasteiger partial charge in [0, 0.05) is 39.6 Å². The number of anilines is 1. The second-order valence-corrected chi connectivity index (χ2v) is 12.3. The van der Waals surface area contributed by atoms with Crippen LogP contribution in [0.15, 0.2) is 35.5 Å². The number of rotatable bonds is 1. The van der Waals surface area contributed by atoms with Crippen LogP contribution in [0.1, 0.15) is 91.0 Å². The van der Waals surface area contributed by atoms with Gasteiger partial charge in [0.05, 0.1) is 11.2 Å². The van der Waals surface area contributed by atoms with Gasteiger partial charge in [0.1, 0.15) is 5.82 Å². The molecule has 1 aromatic heterocycles. The van der Waals surface area contributed by atoms with Crippen LogP contribution in [0, 0.1) is 5.41 Å². The summed E-state index contributed by atoms with van der Waals surface area (Å²) in [5.74, 6) is 1.10. The number of aromatic nitrogens is 2. The van der Waals surface area contributed by atoms with Gasteiger partial charge in [0.25, 0.3) is 0 Å². The Morgan fingerprint density at radius 1 is 1.06 bits per heavy atom. The summed E-state index contributed by atoms with van der Waals surface area (Å²) in [4.78, 5) is 13.5. The van der Waals surface area contributed by atoms with Crippen LogP contribution in [0.5, 0.6) is 0 Å². The van der Waals surface area contributed by atoms with Crippen LogP contribution in [-0.4, -0.2) is 15.6 Å². The number of allylic oxidation sites excluding steroid dienone is 2. The molecule has 1 aliphatic heterocycles. The summed E-state index contributed by atoms with van der Waals surface area (Å²) >= 11 is 6.21. The van der Waals surface area contributed by atoms with E-state index in [4.69, 9.17) is 16.7 Å². The van der Waals surface area contributed by atoms with Gasteiger partial charge in [-0.2, -0.15) is 5.10 Å². The van der Waals surface area contributed by atoms with Gasteiger partial charge in [-0.3, -0.25) is 4.79 Å². The molecule has 31 heavy (non-hydrogen) atoms. The Bertz CT molecular complexity index is 1080. The lowest BCUT2D eigenvalue weighted by molar-refractivity contribution is -0.118. The molecule has 2 heterocycles. The molecule has 4 rings (SSSR count). The highest BCUT2D eigenvalue weighted by molar-refractivity contribution is 6.30. The minimum atomic E-state index is -0.197. The predicted octanol–water partition coefficient (Wildman–Crippen LogP) is 6.79. The van der Waals surface area contributed by atoms with Crippen LogP contribution < -0.4 is 5.32 Å². The predicted molar refractivity (Wildman–Crippen MR) is 128 cm³/mol. The van der Waals surface area contributed by atoms with Crippen LogP contribution in [0.4, 0.5) is 5.82 Å². The first-order chi connectivity index (χ1) is 14.2. The summed E-state index contributed by atoms with van der Waals surface area (Å²) in [5, 5.41) is 9.53. The van der Waals surface area contributed by atoms with Gasteiger partial charge in [-0.1, -0.05) is 58.4 Å². The summed E-state index contributed by atoms with van der Waals surface area (Å²) in [6, 6.07) is 7.95. The van der Waals surface area contributed by atoms with Gasteiger partial charge in [-0.05, 0) is 50.3 Å². The van der Waals surface area contributed by atoms with Gasteiger partial charge in [0.2, 0.25) is 0 Å². The maximum Gasteiger partial charge on any atom is 0.162 e. The number of carbonyl (C=O) groups excluding carboxylic acids is 1. The fraction of sp³-hybridized carbons (Fsp3) is 0.538. The van der Waals surface area contributed by atoms with E-state index in [1.807, 2.05) is 12.1 Å². The number of nitrogens with zero attached hydrogens (tertiary/aromatic N) is 2. The number of fused-ring (bicyclic) bond motifs is 1. The molecule has 0 amide bonds. The normalized spacial score (nSPS) is 20.9. The highest BCUT2D eigenvalue weighted by Gasteiger charge is 2.45. The molecule has 0 fully saturated rings. The van der Waals surface area contributed by atoms with Crippen molar-refractivity contribution >= 4 is 23.2 Å². The highest BCUT2D eigenvalue weighted by atomic mass is 35.5. The summed E-state index contributed by atoms with van der Waals surface area (Å²) < 4.78 is 2.11. The number of ketones is 1. The van der Waals surface area contributed by atoms with Crippen molar-refractivity contribution in [3.8, 4) is 0 Å². The molecule has 0 radical (unpaired) electrons. The van der Waals surface area contributed by atoms with Gasteiger partial charge >= 0.3 is 0 Å². The molecular formula is C26H34ClN3O. The minimum Gasteiger partial charge on any atom is -0.343 e. The zero-order chi connectivity index (χ0) is 22.9. The Balaban J connectivity index is 2.06. The van der Waals surface area contributed by atoms with E-state index >= 15 is 0 Å². The van der Waals surface area contributed by atoms with Crippen molar-refractivity contribution in [1.82, 2.24) is 9.78 Å². The maximum absolute atomic E-state index is 13.5. The number of halogens is 1. The topological polar surface area (TPSA) is 46.9 Å². The Labute approximate surface area is 191 Å². The number of carbonyl (C=O) groups is 1. The van der Waals surface area contributed by atoms with Gasteiger partial charge in [0.15, 0.2) is 5.78 Å². The fourth-order valence-electron chi connectivity index (χ4n) is 4.92. The van der Waals surface area contributed by atoms with Crippen LogP contribution in [-0.2, 0) is 15.7 Å². The van der Waals surface area contributed by atoms with Crippen molar-refractivity contribution in [3.05, 3.63) is 57.4 Å². The third kappa shape index (κ3) is 3.84. The minimum absolute atomic E-state index is 0.0651. The van der Waals surface area contributed by atoms with E-state index in [-0.39, 0.29) is 28.1 Å². The van der Waals surface area contributed by atoms with Crippen molar-refractivity contribution in [3.63, 3.8) is 0 Å². The van der Waals surface area contributed by atoms with Gasteiger partial charge in [-0.15, -0.1) is 0 Å². The molecule has 1 aliphatic carbocycles. The van der Waals surface area contributed by atoms with E-state index in [9.17, 15) is 4.79 Å². The lowest BCUT2D eigenvalue weighted by Crippen LogP contribution is -2.35. The lowest BCUT2D eigenvalue weighted by atomic mass is 9.68. The third-order valence-electron chi connectivity index (χ3n) is 6.24. The third-order valence-corrected chi connectivity index (χ3v) is 6.49. The molecule has 166 valence electrons. The van der Waals surface area contributed by atoms with Crippen LogP contribution in [0.3, 0.4) is 0 Å². The molecule has 0 spiro atoms. The highest BCUT2D eigenvalue weighted by Crippen LogP contribution is 2.52. The zero-order valence-corrected chi connectivity index (χ0v) is 20.7. The molecule has 1 N–H and O–H groups in total. The Morgan fingerprint density at radius 2 is 1.68 bits per heavy atom. The van der Waals surface area contributed by atoms with Crippen molar-refractivity contribution in [2.75, 3.05) is 5.32 Å². The van der Waals surface area contributed by atoms with Gasteiger partial charge in [-0.25, -0.2) is 4.68 Å². The first kappa shape index (κ1) is 22.1. The van der Waals surface area contributed by atoms with E-state index in [2.05, 4.69) is 77.5 Å². The second-order valence-electron chi connectivity index (χ2n) is 11.9. The standard InChI is InChI=1S/C26H34ClN3O/c1-24(2,3)22-21-19(15-9-11-16(27)12-10-15)20-17(13-26(7,8)14-18(20)31)28-23(21)30(29-22)25(4,5)6/h9-12,19,28H,13-14H2,1-8H3. The molecule has 0 bridgehead atoms. The molecule has 0 saturated carbocycles.